The van der Waals surface area contributed by atoms with Crippen LogP contribution in [0.5, 0.6) is 0 Å². The molecule has 2 N–H and O–H groups in total. The van der Waals surface area contributed by atoms with E-state index in [4.69, 9.17) is 0 Å². The van der Waals surface area contributed by atoms with E-state index in [9.17, 15) is 10.2 Å². The number of anilines is 2. The molecule has 3 heterocycles. The number of rotatable bonds is 4. The van der Waals surface area contributed by atoms with Gasteiger partial charge in [-0.1, -0.05) is 0 Å². The molecule has 6 heteroatoms. The van der Waals surface area contributed by atoms with Crippen LogP contribution in [0.2, 0.25) is 0 Å². The summed E-state index contributed by atoms with van der Waals surface area (Å²) in [5.74, 6) is 2.52. The van der Waals surface area contributed by atoms with Gasteiger partial charge in [0.25, 0.3) is 0 Å². The quantitative estimate of drug-likeness (QED) is 0.873. The molecule has 0 bridgehead atoms. The third kappa shape index (κ3) is 3.98. The molecule has 0 saturated carbocycles. The Morgan fingerprint density at radius 2 is 1.38 bits per heavy atom. The normalized spacial score (nSPS) is 27.8. The molecule has 2 saturated heterocycles. The molecule has 2 aliphatic heterocycles. The molecule has 0 amide bonds. The van der Waals surface area contributed by atoms with Gasteiger partial charge < -0.3 is 20.0 Å². The van der Waals surface area contributed by atoms with E-state index in [2.05, 4.69) is 25.8 Å². The van der Waals surface area contributed by atoms with E-state index in [1.165, 1.54) is 0 Å². The fourth-order valence-corrected chi connectivity index (χ4v) is 3.91. The number of aliphatic hydroxyl groups excluding tert-OH is 2. The van der Waals surface area contributed by atoms with Gasteiger partial charge in [0.2, 0.25) is 0 Å². The molecular formula is C18H30N4O2. The second-order valence-electron chi connectivity index (χ2n) is 7.41. The minimum atomic E-state index is -0.275. The standard InChI is InChI=1S/C18H30N4O2/c1-13(23)15-5-3-7-21(10-15)17-9-18(20-12-19-17)22-8-4-6-16(11-22)14(2)24/h9,12-16,23-24H,3-8,10-11H2,1-2H3. The highest BCUT2D eigenvalue weighted by Gasteiger charge is 2.27. The predicted molar refractivity (Wildman–Crippen MR) is 95.3 cm³/mol. The molecule has 1 aromatic heterocycles. The van der Waals surface area contributed by atoms with Gasteiger partial charge in [-0.2, -0.15) is 0 Å². The summed E-state index contributed by atoms with van der Waals surface area (Å²) < 4.78 is 0. The summed E-state index contributed by atoms with van der Waals surface area (Å²) in [5.41, 5.74) is 0. The summed E-state index contributed by atoms with van der Waals surface area (Å²) in [5, 5.41) is 19.8. The summed E-state index contributed by atoms with van der Waals surface area (Å²) in [7, 11) is 0. The van der Waals surface area contributed by atoms with Crippen LogP contribution in [-0.4, -0.2) is 58.6 Å². The molecule has 1 aromatic rings. The lowest BCUT2D eigenvalue weighted by Gasteiger charge is -2.37. The molecule has 134 valence electrons. The third-order valence-electron chi connectivity index (χ3n) is 5.57. The van der Waals surface area contributed by atoms with Crippen LogP contribution in [0.25, 0.3) is 0 Å². The van der Waals surface area contributed by atoms with Crippen LogP contribution in [0.15, 0.2) is 12.4 Å². The van der Waals surface area contributed by atoms with Crippen LogP contribution in [-0.2, 0) is 0 Å². The number of piperidine rings is 2. The SMILES string of the molecule is CC(O)C1CCCN(c2cc(N3CCCC(C(C)O)C3)ncn2)C1. The Kier molecular flexibility index (Phi) is 5.56. The van der Waals surface area contributed by atoms with E-state index in [1.54, 1.807) is 6.33 Å². The molecule has 6 nitrogen and oxygen atoms in total. The van der Waals surface area contributed by atoms with Gasteiger partial charge in [-0.25, -0.2) is 9.97 Å². The van der Waals surface area contributed by atoms with Gasteiger partial charge in [0.15, 0.2) is 0 Å². The van der Waals surface area contributed by atoms with Crippen molar-refractivity contribution in [3.63, 3.8) is 0 Å². The molecule has 4 atom stereocenters. The Labute approximate surface area is 144 Å². The lowest BCUT2D eigenvalue weighted by molar-refractivity contribution is 0.115. The molecule has 0 aliphatic carbocycles. The Hall–Kier alpha value is -1.40. The van der Waals surface area contributed by atoms with Crippen molar-refractivity contribution in [2.45, 2.75) is 51.7 Å². The average Bonchev–Trinajstić information content (AvgIpc) is 2.62. The van der Waals surface area contributed by atoms with Gasteiger partial charge in [0.05, 0.1) is 12.2 Å². The van der Waals surface area contributed by atoms with Crippen molar-refractivity contribution in [1.82, 2.24) is 9.97 Å². The summed E-state index contributed by atoms with van der Waals surface area (Å²) in [6, 6.07) is 2.06. The maximum atomic E-state index is 9.89. The van der Waals surface area contributed by atoms with Crippen molar-refractivity contribution in [3.8, 4) is 0 Å². The van der Waals surface area contributed by atoms with E-state index in [1.807, 2.05) is 13.8 Å². The first-order valence-electron chi connectivity index (χ1n) is 9.22. The van der Waals surface area contributed by atoms with Crippen molar-refractivity contribution >= 4 is 11.6 Å². The van der Waals surface area contributed by atoms with Crippen molar-refractivity contribution in [2.75, 3.05) is 36.0 Å². The van der Waals surface area contributed by atoms with Gasteiger partial charge in [0, 0.05) is 44.1 Å². The van der Waals surface area contributed by atoms with Gasteiger partial charge in [-0.15, -0.1) is 0 Å². The Bertz CT molecular complexity index is 494. The lowest BCUT2D eigenvalue weighted by Crippen LogP contribution is -2.41. The fourth-order valence-electron chi connectivity index (χ4n) is 3.91. The Balaban J connectivity index is 1.72. The van der Waals surface area contributed by atoms with E-state index in [-0.39, 0.29) is 12.2 Å². The summed E-state index contributed by atoms with van der Waals surface area (Å²) in [4.78, 5) is 13.5. The monoisotopic (exact) mass is 334 g/mol. The third-order valence-corrected chi connectivity index (χ3v) is 5.57. The van der Waals surface area contributed by atoms with Crippen LogP contribution < -0.4 is 9.80 Å². The molecule has 3 rings (SSSR count). The number of hydrogen-bond acceptors (Lipinski definition) is 6. The zero-order chi connectivity index (χ0) is 17.1. The topological polar surface area (TPSA) is 72.7 Å². The number of nitrogens with zero attached hydrogens (tertiary/aromatic N) is 4. The number of hydrogen-bond donors (Lipinski definition) is 2. The molecule has 0 spiro atoms. The Morgan fingerprint density at radius 1 is 0.917 bits per heavy atom. The zero-order valence-electron chi connectivity index (χ0n) is 14.8. The van der Waals surface area contributed by atoms with Crippen molar-refractivity contribution < 1.29 is 10.2 Å². The smallest absolute Gasteiger partial charge is 0.134 e. The molecule has 0 radical (unpaired) electrons. The highest BCUT2D eigenvalue weighted by atomic mass is 16.3. The molecular weight excluding hydrogens is 304 g/mol. The van der Waals surface area contributed by atoms with Gasteiger partial charge in [-0.3, -0.25) is 0 Å². The maximum absolute atomic E-state index is 9.89. The van der Waals surface area contributed by atoms with Crippen molar-refractivity contribution in [1.29, 1.82) is 0 Å². The van der Waals surface area contributed by atoms with Gasteiger partial charge in [-0.05, 0) is 39.5 Å². The summed E-state index contributed by atoms with van der Waals surface area (Å²) in [6.07, 6.45) is 5.42. The second kappa shape index (κ2) is 7.66. The largest absolute Gasteiger partial charge is 0.393 e. The fraction of sp³-hybridized carbons (Fsp3) is 0.778. The van der Waals surface area contributed by atoms with E-state index in [0.29, 0.717) is 11.8 Å². The predicted octanol–water partition coefficient (Wildman–Crippen LogP) is 1.67. The highest BCUT2D eigenvalue weighted by molar-refractivity contribution is 5.50. The molecule has 2 fully saturated rings. The Morgan fingerprint density at radius 3 is 1.79 bits per heavy atom. The average molecular weight is 334 g/mol. The second-order valence-corrected chi connectivity index (χ2v) is 7.41. The van der Waals surface area contributed by atoms with Crippen LogP contribution in [0.1, 0.15) is 39.5 Å². The first kappa shape index (κ1) is 17.4. The lowest BCUT2D eigenvalue weighted by atomic mass is 9.93. The van der Waals surface area contributed by atoms with E-state index >= 15 is 0 Å². The van der Waals surface area contributed by atoms with Crippen LogP contribution in [0.4, 0.5) is 11.6 Å². The van der Waals surface area contributed by atoms with Crippen LogP contribution in [0, 0.1) is 11.8 Å². The maximum Gasteiger partial charge on any atom is 0.134 e. The van der Waals surface area contributed by atoms with Gasteiger partial charge >= 0.3 is 0 Å². The molecule has 24 heavy (non-hydrogen) atoms. The first-order chi connectivity index (χ1) is 11.5. The summed E-state index contributed by atoms with van der Waals surface area (Å²) >= 11 is 0. The molecule has 2 aliphatic rings. The highest BCUT2D eigenvalue weighted by Crippen LogP contribution is 2.28. The van der Waals surface area contributed by atoms with E-state index < -0.39 is 0 Å². The van der Waals surface area contributed by atoms with E-state index in [0.717, 1.165) is 63.5 Å². The molecule has 0 aromatic carbocycles. The van der Waals surface area contributed by atoms with Crippen molar-refractivity contribution in [3.05, 3.63) is 12.4 Å². The van der Waals surface area contributed by atoms with Crippen LogP contribution in [0.3, 0.4) is 0 Å². The molecule has 4 unspecified atom stereocenters. The van der Waals surface area contributed by atoms with Gasteiger partial charge in [0.1, 0.15) is 18.0 Å². The zero-order valence-corrected chi connectivity index (χ0v) is 14.8. The van der Waals surface area contributed by atoms with Crippen LogP contribution >= 0.6 is 0 Å². The minimum absolute atomic E-state index is 0.275. The number of aromatic nitrogens is 2. The number of aliphatic hydroxyl groups is 2. The summed E-state index contributed by atoms with van der Waals surface area (Å²) in [6.45, 7) is 7.42. The minimum Gasteiger partial charge on any atom is -0.393 e. The van der Waals surface area contributed by atoms with Crippen molar-refractivity contribution in [2.24, 2.45) is 11.8 Å². The first-order valence-corrected chi connectivity index (χ1v) is 9.22.